The average Bonchev–Trinajstić information content (AvgIpc) is 2.63. The molecule has 1 heterocycles. The van der Waals surface area contributed by atoms with Crippen LogP contribution in [0.25, 0.3) is 0 Å². The van der Waals surface area contributed by atoms with Crippen molar-refractivity contribution in [2.24, 2.45) is 11.8 Å². The van der Waals surface area contributed by atoms with Crippen molar-refractivity contribution in [1.29, 1.82) is 0 Å². The molecule has 8 nitrogen and oxygen atoms in total. The van der Waals surface area contributed by atoms with Gasteiger partial charge in [0, 0.05) is 19.6 Å². The number of carbonyl (C=O) groups excluding carboxylic acids is 2. The monoisotopic (exact) mass is 372 g/mol. The number of carboxylic acid groups (broad SMARTS) is 1. The zero-order valence-electron chi connectivity index (χ0n) is 16.6. The maximum absolute atomic E-state index is 12.2. The number of carbonyl (C=O) groups is 3. The number of alkyl carbamates (subject to hydrolysis) is 1. The highest BCUT2D eigenvalue weighted by Crippen LogP contribution is 2.25. The van der Waals surface area contributed by atoms with Crippen molar-refractivity contribution in [3.8, 4) is 0 Å². The molecule has 1 aliphatic heterocycles. The molecule has 0 aliphatic carbocycles. The van der Waals surface area contributed by atoms with Gasteiger partial charge in [-0.15, -0.1) is 0 Å². The molecule has 1 fully saturated rings. The quantitative estimate of drug-likeness (QED) is 0.789. The summed E-state index contributed by atoms with van der Waals surface area (Å²) in [6.07, 6.45) is -0.237. The second-order valence-electron chi connectivity index (χ2n) is 8.63. The van der Waals surface area contributed by atoms with E-state index in [-0.39, 0.29) is 12.5 Å². The first-order chi connectivity index (χ1) is 11.8. The number of aliphatic carboxylic acids is 1. The van der Waals surface area contributed by atoms with Crippen LogP contribution >= 0.6 is 0 Å². The van der Waals surface area contributed by atoms with Gasteiger partial charge in [0.15, 0.2) is 0 Å². The number of carboxylic acids is 1. The van der Waals surface area contributed by atoms with Crippen LogP contribution in [-0.4, -0.2) is 59.0 Å². The molecule has 26 heavy (non-hydrogen) atoms. The first-order valence-electron chi connectivity index (χ1n) is 8.96. The molecule has 0 aromatic rings. The summed E-state index contributed by atoms with van der Waals surface area (Å²) in [4.78, 5) is 37.2. The van der Waals surface area contributed by atoms with Gasteiger partial charge in [-0.2, -0.15) is 0 Å². The zero-order chi connectivity index (χ0) is 20.1. The van der Waals surface area contributed by atoms with Crippen LogP contribution in [0.2, 0.25) is 0 Å². The molecule has 8 heteroatoms. The molecule has 2 atom stereocenters. The predicted molar refractivity (Wildman–Crippen MR) is 95.9 cm³/mol. The maximum Gasteiger partial charge on any atom is 0.410 e. The number of nitrogens with zero attached hydrogens (tertiary/aromatic N) is 1. The molecule has 0 aromatic carbocycles. The van der Waals surface area contributed by atoms with Gasteiger partial charge < -0.3 is 24.8 Å². The third-order valence-corrected chi connectivity index (χ3v) is 3.93. The van der Waals surface area contributed by atoms with Crippen LogP contribution in [0.15, 0.2) is 0 Å². The van der Waals surface area contributed by atoms with Gasteiger partial charge in [0.05, 0.1) is 5.92 Å². The molecule has 0 aromatic heterocycles. The normalized spacial score (nSPS) is 21.5. The van der Waals surface area contributed by atoms with Crippen molar-refractivity contribution >= 4 is 18.2 Å². The Kier molecular flexibility index (Phi) is 7.29. The Morgan fingerprint density at radius 1 is 1.00 bits per heavy atom. The number of nitrogens with one attached hydrogen (secondary N) is 1. The van der Waals surface area contributed by atoms with Gasteiger partial charge >= 0.3 is 18.2 Å². The standard InChI is InChI=1S/C18H32N2O6/c1-17(2,3)25-15(23)19-11-12-7-9-20(10-8-13(12)14(21)22)16(24)26-18(4,5)6/h12-13H,7-11H2,1-6H3,(H,19,23)(H,21,22). The minimum Gasteiger partial charge on any atom is -0.481 e. The molecule has 150 valence electrons. The highest BCUT2D eigenvalue weighted by molar-refractivity contribution is 5.72. The number of likely N-dealkylation sites (tertiary alicyclic amines) is 1. The summed E-state index contributed by atoms with van der Waals surface area (Å²) in [5.41, 5.74) is -1.22. The van der Waals surface area contributed by atoms with E-state index in [9.17, 15) is 19.5 Å². The third-order valence-electron chi connectivity index (χ3n) is 3.93. The fraction of sp³-hybridized carbons (Fsp3) is 0.833. The lowest BCUT2D eigenvalue weighted by molar-refractivity contribution is -0.143. The molecule has 0 spiro atoms. The molecular weight excluding hydrogens is 340 g/mol. The second kappa shape index (κ2) is 8.60. The Bertz CT molecular complexity index is 521. The Balaban J connectivity index is 2.69. The number of hydrogen-bond donors (Lipinski definition) is 2. The molecular formula is C18H32N2O6. The van der Waals surface area contributed by atoms with Crippen molar-refractivity contribution in [2.75, 3.05) is 19.6 Å². The summed E-state index contributed by atoms with van der Waals surface area (Å²) in [6, 6.07) is 0. The minimum atomic E-state index is -0.924. The molecule has 1 aliphatic rings. The van der Waals surface area contributed by atoms with E-state index in [4.69, 9.17) is 9.47 Å². The van der Waals surface area contributed by atoms with Crippen LogP contribution in [0, 0.1) is 11.8 Å². The molecule has 0 radical (unpaired) electrons. The van der Waals surface area contributed by atoms with Crippen molar-refractivity contribution in [3.63, 3.8) is 0 Å². The lowest BCUT2D eigenvalue weighted by atomic mass is 9.88. The third kappa shape index (κ3) is 7.93. The van der Waals surface area contributed by atoms with E-state index >= 15 is 0 Å². The number of rotatable bonds is 3. The maximum atomic E-state index is 12.2. The largest absolute Gasteiger partial charge is 0.481 e. The first-order valence-corrected chi connectivity index (χ1v) is 8.96. The van der Waals surface area contributed by atoms with E-state index in [0.29, 0.717) is 25.9 Å². The number of amides is 2. The van der Waals surface area contributed by atoms with E-state index in [2.05, 4.69) is 5.32 Å². The summed E-state index contributed by atoms with van der Waals surface area (Å²) in [7, 11) is 0. The van der Waals surface area contributed by atoms with Crippen molar-refractivity contribution in [1.82, 2.24) is 10.2 Å². The van der Waals surface area contributed by atoms with E-state index in [0.717, 1.165) is 0 Å². The fourth-order valence-electron chi connectivity index (χ4n) is 2.77. The molecule has 0 saturated carbocycles. The minimum absolute atomic E-state index is 0.189. The predicted octanol–water partition coefficient (Wildman–Crippen LogP) is 2.86. The molecule has 2 amide bonds. The smallest absolute Gasteiger partial charge is 0.410 e. The summed E-state index contributed by atoms with van der Waals surface area (Å²) < 4.78 is 10.6. The van der Waals surface area contributed by atoms with Gasteiger partial charge in [0.2, 0.25) is 0 Å². The van der Waals surface area contributed by atoms with E-state index in [1.54, 1.807) is 41.5 Å². The van der Waals surface area contributed by atoms with Gasteiger partial charge in [0.25, 0.3) is 0 Å². The summed E-state index contributed by atoms with van der Waals surface area (Å²) >= 11 is 0. The van der Waals surface area contributed by atoms with Crippen molar-refractivity contribution in [2.45, 2.75) is 65.6 Å². The zero-order valence-corrected chi connectivity index (χ0v) is 16.6. The van der Waals surface area contributed by atoms with Gasteiger partial charge in [-0.3, -0.25) is 4.79 Å². The molecule has 2 unspecified atom stereocenters. The van der Waals surface area contributed by atoms with Gasteiger partial charge in [-0.1, -0.05) is 0 Å². The number of hydrogen-bond acceptors (Lipinski definition) is 5. The Morgan fingerprint density at radius 3 is 2.04 bits per heavy atom. The van der Waals surface area contributed by atoms with Crippen LogP contribution in [0.3, 0.4) is 0 Å². The Hall–Kier alpha value is -1.99. The van der Waals surface area contributed by atoms with Crippen LogP contribution < -0.4 is 5.32 Å². The van der Waals surface area contributed by atoms with Crippen LogP contribution in [0.5, 0.6) is 0 Å². The molecule has 2 N–H and O–H groups in total. The summed E-state index contributed by atoms with van der Waals surface area (Å²) in [5.74, 6) is -1.85. The van der Waals surface area contributed by atoms with Crippen molar-refractivity contribution in [3.05, 3.63) is 0 Å². The Labute approximate surface area is 155 Å². The van der Waals surface area contributed by atoms with E-state index < -0.39 is 35.3 Å². The summed E-state index contributed by atoms with van der Waals surface area (Å²) in [5, 5.41) is 12.2. The first kappa shape index (κ1) is 22.1. The second-order valence-corrected chi connectivity index (χ2v) is 8.63. The van der Waals surface area contributed by atoms with E-state index in [1.807, 2.05) is 0 Å². The van der Waals surface area contributed by atoms with Gasteiger partial charge in [-0.05, 0) is 60.3 Å². The van der Waals surface area contributed by atoms with Crippen molar-refractivity contribution < 1.29 is 29.0 Å². The van der Waals surface area contributed by atoms with Gasteiger partial charge in [0.1, 0.15) is 11.2 Å². The topological polar surface area (TPSA) is 105 Å². The van der Waals surface area contributed by atoms with Crippen LogP contribution in [0.1, 0.15) is 54.4 Å². The highest BCUT2D eigenvalue weighted by atomic mass is 16.6. The number of ether oxygens (including phenoxy) is 2. The molecule has 1 saturated heterocycles. The lowest BCUT2D eigenvalue weighted by Crippen LogP contribution is -2.38. The molecule has 0 bridgehead atoms. The van der Waals surface area contributed by atoms with Crippen LogP contribution in [-0.2, 0) is 14.3 Å². The average molecular weight is 372 g/mol. The van der Waals surface area contributed by atoms with E-state index in [1.165, 1.54) is 4.90 Å². The summed E-state index contributed by atoms with van der Waals surface area (Å²) in [6.45, 7) is 11.5. The SMILES string of the molecule is CC(C)(C)OC(=O)NCC1CCN(C(=O)OC(C)(C)C)CCC1C(=O)O. The molecule has 1 rings (SSSR count). The fourth-order valence-corrected chi connectivity index (χ4v) is 2.77. The van der Waals surface area contributed by atoms with Gasteiger partial charge in [-0.25, -0.2) is 9.59 Å². The lowest BCUT2D eigenvalue weighted by Gasteiger charge is -2.26. The Morgan fingerprint density at radius 2 is 1.54 bits per heavy atom. The van der Waals surface area contributed by atoms with Crippen LogP contribution in [0.4, 0.5) is 9.59 Å². The highest BCUT2D eigenvalue weighted by Gasteiger charge is 2.34.